The van der Waals surface area contributed by atoms with Gasteiger partial charge in [0.25, 0.3) is 0 Å². The van der Waals surface area contributed by atoms with Gasteiger partial charge in [-0.15, -0.1) is 0 Å². The van der Waals surface area contributed by atoms with Gasteiger partial charge in [0.05, 0.1) is 0 Å². The molecule has 1 N–H and O–H groups in total. The van der Waals surface area contributed by atoms with Crippen molar-refractivity contribution >= 4 is 23.8 Å². The van der Waals surface area contributed by atoms with Gasteiger partial charge in [-0.25, -0.2) is 0 Å². The van der Waals surface area contributed by atoms with Crippen LogP contribution in [0, 0.1) is 0 Å². The maximum absolute atomic E-state index is 10.7. The van der Waals surface area contributed by atoms with Gasteiger partial charge >= 0.3 is 11.9 Å². The zero-order valence-electron chi connectivity index (χ0n) is 10.8. The highest BCUT2D eigenvalue weighted by molar-refractivity contribution is 6.13. The molecule has 0 fully saturated rings. The molecule has 106 valence electrons. The first-order valence-corrected chi connectivity index (χ1v) is 7.01. The third-order valence-electron chi connectivity index (χ3n) is 2.86. The third kappa shape index (κ3) is 13.3. The van der Waals surface area contributed by atoms with Crippen molar-refractivity contribution in [2.45, 2.75) is 70.6 Å². The van der Waals surface area contributed by atoms with Gasteiger partial charge < -0.3 is 9.40 Å². The van der Waals surface area contributed by atoms with E-state index >= 15 is 0 Å². The second kappa shape index (κ2) is 12.7. The van der Waals surface area contributed by atoms with Crippen LogP contribution in [0.5, 0.6) is 0 Å². The monoisotopic (exact) mass is 278 g/mol. The maximum atomic E-state index is 10.7. The van der Waals surface area contributed by atoms with Crippen LogP contribution >= 0.6 is 11.9 Å². The molecule has 0 saturated carbocycles. The van der Waals surface area contributed by atoms with E-state index in [9.17, 15) is 9.59 Å². The van der Waals surface area contributed by atoms with Crippen molar-refractivity contribution in [2.75, 3.05) is 0 Å². The van der Waals surface area contributed by atoms with E-state index < -0.39 is 5.97 Å². The molecule has 0 heterocycles. The molecule has 5 heteroatoms. The molecule has 0 spiro atoms. The molecule has 0 atom stereocenters. The summed E-state index contributed by atoms with van der Waals surface area (Å²) < 4.78 is 4.04. The van der Waals surface area contributed by atoms with Crippen molar-refractivity contribution in [2.24, 2.45) is 0 Å². The van der Waals surface area contributed by atoms with Gasteiger partial charge in [-0.2, -0.15) is 0 Å². The van der Waals surface area contributed by atoms with Gasteiger partial charge in [0.15, 0.2) is 0 Å². The molecule has 0 aliphatic carbocycles. The minimum atomic E-state index is -0.703. The molecular weight excluding hydrogens is 256 g/mol. The molecule has 0 radical (unpaired) electrons. The van der Waals surface area contributed by atoms with Gasteiger partial charge in [-0.3, -0.25) is 9.59 Å². The maximum Gasteiger partial charge on any atom is 0.324 e. The second-order valence-electron chi connectivity index (χ2n) is 4.52. The molecule has 0 aliphatic heterocycles. The van der Waals surface area contributed by atoms with Crippen LogP contribution in [-0.4, -0.2) is 17.0 Å². The van der Waals surface area contributed by atoms with Crippen LogP contribution in [0.1, 0.15) is 70.6 Å². The largest absolute Gasteiger partial charge is 0.481 e. The van der Waals surface area contributed by atoms with Gasteiger partial charge in [0, 0.05) is 12.8 Å². The predicted molar refractivity (Wildman–Crippen MR) is 70.4 cm³/mol. The van der Waals surface area contributed by atoms with E-state index in [1.807, 2.05) is 0 Å². The third-order valence-corrected chi connectivity index (χ3v) is 3.03. The fourth-order valence-corrected chi connectivity index (χ4v) is 1.90. The van der Waals surface area contributed by atoms with Crippen molar-refractivity contribution < 1.29 is 19.0 Å². The van der Waals surface area contributed by atoms with E-state index in [1.165, 1.54) is 19.3 Å². The second-order valence-corrected chi connectivity index (χ2v) is 4.68. The van der Waals surface area contributed by atoms with Crippen molar-refractivity contribution in [1.82, 2.24) is 0 Å². The first-order chi connectivity index (χ1) is 8.66. The normalized spacial score (nSPS) is 10.3. The van der Waals surface area contributed by atoms with E-state index in [0.29, 0.717) is 6.42 Å². The van der Waals surface area contributed by atoms with E-state index in [1.54, 1.807) is 0 Å². The number of carboxylic acid groups (broad SMARTS) is 1. The SMILES string of the molecule is O=C(O)CCCCCCCCCCCC(=O)OCl. The summed E-state index contributed by atoms with van der Waals surface area (Å²) in [5, 5.41) is 8.45. The molecule has 0 aliphatic rings. The Balaban J connectivity index is 3.03. The summed E-state index contributed by atoms with van der Waals surface area (Å²) >= 11 is 4.91. The molecule has 18 heavy (non-hydrogen) atoms. The lowest BCUT2D eigenvalue weighted by molar-refractivity contribution is -0.137. The number of carboxylic acids is 1. The molecule has 4 nitrogen and oxygen atoms in total. The molecule has 0 amide bonds. The van der Waals surface area contributed by atoms with Crippen molar-refractivity contribution in [1.29, 1.82) is 0 Å². The highest BCUT2D eigenvalue weighted by Crippen LogP contribution is 2.11. The van der Waals surface area contributed by atoms with Crippen LogP contribution in [0.3, 0.4) is 0 Å². The molecule has 0 rings (SSSR count). The average molecular weight is 279 g/mol. The molecule has 0 aromatic heterocycles. The number of carbonyl (C=O) groups is 2. The fourth-order valence-electron chi connectivity index (χ4n) is 1.82. The standard InChI is InChI=1S/C13H23ClO4/c14-18-13(17)11-9-7-5-3-1-2-4-6-8-10-12(15)16/h1-11H2,(H,15,16). The predicted octanol–water partition coefficient (Wildman–Crippen LogP) is 4.06. The van der Waals surface area contributed by atoms with Crippen LogP contribution in [0.4, 0.5) is 0 Å². The van der Waals surface area contributed by atoms with E-state index in [0.717, 1.165) is 38.5 Å². The number of rotatable bonds is 12. The Kier molecular flexibility index (Phi) is 12.1. The highest BCUT2D eigenvalue weighted by atomic mass is 35.5. The quantitative estimate of drug-likeness (QED) is 0.547. The van der Waals surface area contributed by atoms with Crippen molar-refractivity contribution in [3.05, 3.63) is 0 Å². The molecule has 0 saturated heterocycles. The zero-order chi connectivity index (χ0) is 13.6. The Morgan fingerprint density at radius 2 is 1.17 bits per heavy atom. The summed E-state index contributed by atoms with van der Waals surface area (Å²) in [4.78, 5) is 21.0. The number of unbranched alkanes of at least 4 members (excludes halogenated alkanes) is 8. The minimum absolute atomic E-state index is 0.288. The summed E-state index contributed by atoms with van der Waals surface area (Å²) in [5.74, 6) is -1.06. The van der Waals surface area contributed by atoms with Crippen molar-refractivity contribution in [3.63, 3.8) is 0 Å². The zero-order valence-corrected chi connectivity index (χ0v) is 11.6. The lowest BCUT2D eigenvalue weighted by atomic mass is 10.1. The average Bonchev–Trinajstić information content (AvgIpc) is 2.35. The van der Waals surface area contributed by atoms with Crippen LogP contribution in [0.25, 0.3) is 0 Å². The summed E-state index contributed by atoms with van der Waals surface area (Å²) in [6.45, 7) is 0. The van der Waals surface area contributed by atoms with E-state index in [-0.39, 0.29) is 12.4 Å². The first kappa shape index (κ1) is 17.2. The Morgan fingerprint density at radius 3 is 1.56 bits per heavy atom. The summed E-state index contributed by atoms with van der Waals surface area (Å²) in [5.41, 5.74) is 0. The molecule has 0 aromatic carbocycles. The fraction of sp³-hybridized carbons (Fsp3) is 0.846. The number of hydrogen-bond acceptors (Lipinski definition) is 3. The Hall–Kier alpha value is -0.770. The number of aliphatic carboxylic acids is 1. The number of hydrogen-bond donors (Lipinski definition) is 1. The molecule has 0 bridgehead atoms. The van der Waals surface area contributed by atoms with Crippen LogP contribution in [-0.2, 0) is 13.9 Å². The van der Waals surface area contributed by atoms with E-state index in [4.69, 9.17) is 17.0 Å². The van der Waals surface area contributed by atoms with Crippen molar-refractivity contribution in [3.8, 4) is 0 Å². The van der Waals surface area contributed by atoms with Gasteiger partial charge in [0.1, 0.15) is 11.9 Å². The van der Waals surface area contributed by atoms with Crippen LogP contribution < -0.4 is 0 Å². The number of halogens is 1. The first-order valence-electron chi connectivity index (χ1n) is 6.70. The Bertz CT molecular complexity index is 231. The Labute approximate surface area is 114 Å². The molecular formula is C13H23ClO4. The van der Waals surface area contributed by atoms with Gasteiger partial charge in [0.2, 0.25) is 0 Å². The van der Waals surface area contributed by atoms with Gasteiger partial charge in [-0.1, -0.05) is 44.9 Å². The number of carbonyl (C=O) groups excluding carboxylic acids is 1. The Morgan fingerprint density at radius 1 is 0.778 bits per heavy atom. The minimum Gasteiger partial charge on any atom is -0.481 e. The lowest BCUT2D eigenvalue weighted by Gasteiger charge is -2.01. The highest BCUT2D eigenvalue weighted by Gasteiger charge is 2.00. The van der Waals surface area contributed by atoms with E-state index in [2.05, 4.69) is 4.29 Å². The van der Waals surface area contributed by atoms with Crippen LogP contribution in [0.15, 0.2) is 0 Å². The topological polar surface area (TPSA) is 63.6 Å². The van der Waals surface area contributed by atoms with Crippen LogP contribution in [0.2, 0.25) is 0 Å². The molecule has 0 aromatic rings. The van der Waals surface area contributed by atoms with Gasteiger partial charge in [-0.05, 0) is 12.8 Å². The lowest BCUT2D eigenvalue weighted by Crippen LogP contribution is -1.95. The summed E-state index contributed by atoms with van der Waals surface area (Å²) in [6, 6.07) is 0. The summed E-state index contributed by atoms with van der Waals surface area (Å²) in [6.07, 6.45) is 10.1. The molecule has 0 unspecified atom stereocenters. The summed E-state index contributed by atoms with van der Waals surface area (Å²) in [7, 11) is 0. The smallest absolute Gasteiger partial charge is 0.324 e.